The first-order valence-corrected chi connectivity index (χ1v) is 5.87. The first kappa shape index (κ1) is 13.1. The minimum absolute atomic E-state index is 0.249. The van der Waals surface area contributed by atoms with Crippen molar-refractivity contribution in [2.75, 3.05) is 7.11 Å². The summed E-state index contributed by atoms with van der Waals surface area (Å²) in [7, 11) is 1.63. The van der Waals surface area contributed by atoms with Crippen molar-refractivity contribution in [3.63, 3.8) is 0 Å². The molecule has 98 valence electrons. The number of methoxy groups -OCH3 is 1. The lowest BCUT2D eigenvalue weighted by atomic mass is 9.97. The zero-order valence-electron chi connectivity index (χ0n) is 11.1. The van der Waals surface area contributed by atoms with Gasteiger partial charge in [0.15, 0.2) is 0 Å². The highest BCUT2D eigenvalue weighted by atomic mass is 16.5. The summed E-state index contributed by atoms with van der Waals surface area (Å²) in [6, 6.07) is 5.33. The van der Waals surface area contributed by atoms with Gasteiger partial charge in [-0.3, -0.25) is 4.98 Å². The molecule has 0 fully saturated rings. The second-order valence-electron chi connectivity index (χ2n) is 4.37. The molecule has 1 N–H and O–H groups in total. The van der Waals surface area contributed by atoms with Crippen molar-refractivity contribution in [3.05, 3.63) is 47.3 Å². The largest absolute Gasteiger partial charge is 0.496 e. The molecule has 0 unspecified atom stereocenters. The molecule has 0 saturated carbocycles. The number of aromatic nitrogens is 1. The zero-order chi connectivity index (χ0) is 14.0. The van der Waals surface area contributed by atoms with Crippen LogP contribution >= 0.6 is 0 Å². The van der Waals surface area contributed by atoms with Gasteiger partial charge in [0.25, 0.3) is 0 Å². The van der Waals surface area contributed by atoms with Crippen LogP contribution in [0.5, 0.6) is 5.75 Å². The number of carboxylic acids is 1. The minimum atomic E-state index is -0.955. The molecule has 19 heavy (non-hydrogen) atoms. The van der Waals surface area contributed by atoms with Crippen LogP contribution in [0.3, 0.4) is 0 Å². The summed E-state index contributed by atoms with van der Waals surface area (Å²) in [5.74, 6) is -0.131. The molecule has 0 radical (unpaired) electrons. The summed E-state index contributed by atoms with van der Waals surface area (Å²) in [5.41, 5.74) is 3.64. The molecule has 1 aromatic carbocycles. The van der Waals surface area contributed by atoms with Crippen LogP contribution in [0.4, 0.5) is 0 Å². The lowest BCUT2D eigenvalue weighted by Crippen LogP contribution is -2.01. The second kappa shape index (κ2) is 5.10. The van der Waals surface area contributed by atoms with Gasteiger partial charge in [0.2, 0.25) is 0 Å². The van der Waals surface area contributed by atoms with Crippen LogP contribution in [0.15, 0.2) is 30.6 Å². The predicted octanol–water partition coefficient (Wildman–Crippen LogP) is 3.07. The van der Waals surface area contributed by atoms with E-state index in [0.717, 1.165) is 22.4 Å². The Labute approximate surface area is 111 Å². The molecule has 0 amide bonds. The van der Waals surface area contributed by atoms with E-state index in [-0.39, 0.29) is 5.56 Å². The number of hydrogen-bond acceptors (Lipinski definition) is 3. The van der Waals surface area contributed by atoms with Crippen molar-refractivity contribution in [2.24, 2.45) is 0 Å². The van der Waals surface area contributed by atoms with Gasteiger partial charge >= 0.3 is 5.97 Å². The molecule has 4 heteroatoms. The Hall–Kier alpha value is -2.36. The molecular weight excluding hydrogens is 242 g/mol. The van der Waals surface area contributed by atoms with Crippen molar-refractivity contribution < 1.29 is 14.6 Å². The van der Waals surface area contributed by atoms with Gasteiger partial charge in [-0.05, 0) is 48.7 Å². The van der Waals surface area contributed by atoms with Gasteiger partial charge in [-0.15, -0.1) is 0 Å². The Morgan fingerprint density at radius 3 is 2.42 bits per heavy atom. The molecule has 1 aromatic heterocycles. The summed E-state index contributed by atoms with van der Waals surface area (Å²) in [5, 5.41) is 9.21. The van der Waals surface area contributed by atoms with Crippen LogP contribution in [-0.4, -0.2) is 23.2 Å². The monoisotopic (exact) mass is 257 g/mol. The van der Waals surface area contributed by atoms with Crippen LogP contribution in [0.1, 0.15) is 21.5 Å². The fraction of sp³-hybridized carbons (Fsp3) is 0.200. The fourth-order valence-corrected chi connectivity index (χ4v) is 2.24. The zero-order valence-corrected chi connectivity index (χ0v) is 11.1. The molecule has 0 aliphatic carbocycles. The fourth-order valence-electron chi connectivity index (χ4n) is 2.24. The smallest absolute Gasteiger partial charge is 0.336 e. The topological polar surface area (TPSA) is 59.4 Å². The number of nitrogens with zero attached hydrogens (tertiary/aromatic N) is 1. The molecule has 2 rings (SSSR count). The molecule has 1 heterocycles. The number of aromatic carboxylic acids is 1. The number of carboxylic acid groups (broad SMARTS) is 1. The average molecular weight is 257 g/mol. The number of benzene rings is 1. The summed E-state index contributed by atoms with van der Waals surface area (Å²) >= 11 is 0. The van der Waals surface area contributed by atoms with E-state index in [1.165, 1.54) is 12.3 Å². The first-order chi connectivity index (χ1) is 9.04. The van der Waals surface area contributed by atoms with E-state index in [1.807, 2.05) is 26.0 Å². The number of ether oxygens (including phenoxy) is 1. The summed E-state index contributed by atoms with van der Waals surface area (Å²) in [4.78, 5) is 15.2. The minimum Gasteiger partial charge on any atom is -0.496 e. The number of hydrogen-bond donors (Lipinski definition) is 1. The Morgan fingerprint density at radius 1 is 1.26 bits per heavy atom. The Morgan fingerprint density at radius 2 is 1.89 bits per heavy atom. The van der Waals surface area contributed by atoms with Crippen molar-refractivity contribution in [3.8, 4) is 16.9 Å². The van der Waals surface area contributed by atoms with Crippen LogP contribution in [0.2, 0.25) is 0 Å². The van der Waals surface area contributed by atoms with Crippen LogP contribution in [0, 0.1) is 13.8 Å². The SMILES string of the molecule is COc1c(C)cc(-c2cnccc2C(=O)O)cc1C. The summed E-state index contributed by atoms with van der Waals surface area (Å²) in [6.45, 7) is 3.87. The number of pyridine rings is 1. The highest BCUT2D eigenvalue weighted by Crippen LogP contribution is 2.31. The third-order valence-corrected chi connectivity index (χ3v) is 3.03. The maximum atomic E-state index is 11.2. The van der Waals surface area contributed by atoms with E-state index >= 15 is 0 Å². The van der Waals surface area contributed by atoms with Gasteiger partial charge in [-0.1, -0.05) is 0 Å². The Bertz CT molecular complexity index is 612. The van der Waals surface area contributed by atoms with E-state index in [0.29, 0.717) is 5.56 Å². The molecule has 0 saturated heterocycles. The molecule has 0 aliphatic heterocycles. The molecule has 0 atom stereocenters. The van der Waals surface area contributed by atoms with Gasteiger partial charge in [0.05, 0.1) is 12.7 Å². The van der Waals surface area contributed by atoms with E-state index in [1.54, 1.807) is 13.3 Å². The highest BCUT2D eigenvalue weighted by Gasteiger charge is 2.13. The second-order valence-corrected chi connectivity index (χ2v) is 4.37. The summed E-state index contributed by atoms with van der Waals surface area (Å²) < 4.78 is 5.31. The molecule has 0 spiro atoms. The highest BCUT2D eigenvalue weighted by molar-refractivity contribution is 5.95. The van der Waals surface area contributed by atoms with Crippen molar-refractivity contribution >= 4 is 5.97 Å². The third-order valence-electron chi connectivity index (χ3n) is 3.03. The third kappa shape index (κ3) is 2.42. The van der Waals surface area contributed by atoms with E-state index in [4.69, 9.17) is 4.74 Å². The Balaban J connectivity index is 2.63. The lowest BCUT2D eigenvalue weighted by molar-refractivity contribution is 0.0697. The standard InChI is InChI=1S/C15H15NO3/c1-9-6-11(7-10(2)14(9)19-3)13-8-16-5-4-12(13)15(17)18/h4-8H,1-3H3,(H,17,18). The van der Waals surface area contributed by atoms with Crippen LogP contribution in [-0.2, 0) is 0 Å². The lowest BCUT2D eigenvalue weighted by Gasteiger charge is -2.12. The van der Waals surface area contributed by atoms with Crippen molar-refractivity contribution in [1.29, 1.82) is 0 Å². The predicted molar refractivity (Wildman–Crippen MR) is 72.7 cm³/mol. The van der Waals surface area contributed by atoms with Gasteiger partial charge in [0, 0.05) is 18.0 Å². The van der Waals surface area contributed by atoms with Crippen LogP contribution < -0.4 is 4.74 Å². The van der Waals surface area contributed by atoms with Crippen LogP contribution in [0.25, 0.3) is 11.1 Å². The molecule has 4 nitrogen and oxygen atoms in total. The number of carbonyl (C=O) groups is 1. The maximum Gasteiger partial charge on any atom is 0.336 e. The van der Waals surface area contributed by atoms with Gasteiger partial charge in [0.1, 0.15) is 5.75 Å². The first-order valence-electron chi connectivity index (χ1n) is 5.87. The normalized spacial score (nSPS) is 10.3. The molecule has 0 bridgehead atoms. The van der Waals surface area contributed by atoms with E-state index in [9.17, 15) is 9.90 Å². The van der Waals surface area contributed by atoms with E-state index < -0.39 is 5.97 Å². The average Bonchev–Trinajstić information content (AvgIpc) is 2.38. The van der Waals surface area contributed by atoms with Crippen molar-refractivity contribution in [2.45, 2.75) is 13.8 Å². The van der Waals surface area contributed by atoms with E-state index in [2.05, 4.69) is 4.98 Å². The number of aryl methyl sites for hydroxylation is 2. The number of rotatable bonds is 3. The maximum absolute atomic E-state index is 11.2. The quantitative estimate of drug-likeness (QED) is 0.918. The van der Waals surface area contributed by atoms with Gasteiger partial charge < -0.3 is 9.84 Å². The molecule has 2 aromatic rings. The van der Waals surface area contributed by atoms with Gasteiger partial charge in [-0.25, -0.2) is 4.79 Å². The summed E-state index contributed by atoms with van der Waals surface area (Å²) in [6.07, 6.45) is 3.06. The van der Waals surface area contributed by atoms with Crippen molar-refractivity contribution in [1.82, 2.24) is 4.98 Å². The van der Waals surface area contributed by atoms with Gasteiger partial charge in [-0.2, -0.15) is 0 Å². The molecule has 0 aliphatic rings. The molecular formula is C15H15NO3. The Kier molecular flexibility index (Phi) is 3.51.